The Morgan fingerprint density at radius 1 is 0.590 bits per heavy atom. The van der Waals surface area contributed by atoms with Crippen LogP contribution < -0.4 is 18.9 Å². The van der Waals surface area contributed by atoms with Gasteiger partial charge in [0.1, 0.15) is 23.0 Å². The molecule has 0 bridgehead atoms. The fourth-order valence-electron chi connectivity index (χ4n) is 4.78. The lowest BCUT2D eigenvalue weighted by atomic mass is 9.81. The van der Waals surface area contributed by atoms with Crippen LogP contribution in [0.3, 0.4) is 0 Å². The average Bonchev–Trinajstić information content (AvgIpc) is 3.10. The Hall–Kier alpha value is -4.79. The Balaban J connectivity index is 2.02. The van der Waals surface area contributed by atoms with Gasteiger partial charge in [-0.25, -0.2) is 0 Å². The Bertz CT molecular complexity index is 1470. The van der Waals surface area contributed by atoms with Crippen LogP contribution in [0.2, 0.25) is 0 Å². The van der Waals surface area contributed by atoms with Crippen LogP contribution in [0.4, 0.5) is 0 Å². The number of esters is 4. The average molecular weight is 531 g/mol. The Morgan fingerprint density at radius 2 is 1.08 bits per heavy atom. The zero-order valence-electron chi connectivity index (χ0n) is 22.0. The summed E-state index contributed by atoms with van der Waals surface area (Å²) in [6.07, 6.45) is 0. The van der Waals surface area contributed by atoms with E-state index >= 15 is 0 Å². The molecule has 0 heterocycles. The molecular formula is C30H26O9. The molecule has 0 fully saturated rings. The predicted molar refractivity (Wildman–Crippen MR) is 138 cm³/mol. The molecule has 1 aliphatic rings. The summed E-state index contributed by atoms with van der Waals surface area (Å²) >= 11 is 0. The van der Waals surface area contributed by atoms with Crippen molar-refractivity contribution in [1.29, 1.82) is 0 Å². The maximum atomic E-state index is 14.0. The second-order valence-electron chi connectivity index (χ2n) is 9.23. The molecule has 0 aromatic heterocycles. The van der Waals surface area contributed by atoms with Crippen LogP contribution in [-0.2, 0) is 19.2 Å². The number of carbonyl (C=O) groups is 5. The van der Waals surface area contributed by atoms with Gasteiger partial charge in [0.15, 0.2) is 5.78 Å². The van der Waals surface area contributed by atoms with Crippen molar-refractivity contribution in [3.8, 4) is 23.0 Å². The van der Waals surface area contributed by atoms with Gasteiger partial charge in [0.05, 0.1) is 5.92 Å². The molecule has 0 amide bonds. The molecule has 3 aromatic rings. The summed E-state index contributed by atoms with van der Waals surface area (Å²) in [6, 6.07) is 14.8. The number of hydrogen-bond donors (Lipinski definition) is 0. The second-order valence-corrected chi connectivity index (χ2v) is 9.23. The van der Waals surface area contributed by atoms with Gasteiger partial charge in [0, 0.05) is 56.9 Å². The minimum Gasteiger partial charge on any atom is -0.427 e. The molecule has 200 valence electrons. The topological polar surface area (TPSA) is 122 Å². The van der Waals surface area contributed by atoms with E-state index in [4.69, 9.17) is 18.9 Å². The monoisotopic (exact) mass is 530 g/mol. The smallest absolute Gasteiger partial charge is 0.308 e. The number of aryl methyl sites for hydroxylation is 1. The van der Waals surface area contributed by atoms with E-state index in [-0.39, 0.29) is 34.3 Å². The van der Waals surface area contributed by atoms with Crippen LogP contribution >= 0.6 is 0 Å². The molecule has 0 aliphatic heterocycles. The maximum absolute atomic E-state index is 14.0. The van der Waals surface area contributed by atoms with Crippen molar-refractivity contribution in [3.05, 3.63) is 82.4 Å². The first-order chi connectivity index (χ1) is 18.4. The first-order valence-corrected chi connectivity index (χ1v) is 12.1. The Labute approximate surface area is 224 Å². The van der Waals surface area contributed by atoms with Crippen LogP contribution in [0, 0.1) is 6.92 Å². The third-order valence-corrected chi connectivity index (χ3v) is 6.04. The molecule has 9 heteroatoms. The number of benzene rings is 3. The van der Waals surface area contributed by atoms with Gasteiger partial charge in [0.25, 0.3) is 0 Å². The van der Waals surface area contributed by atoms with E-state index in [0.29, 0.717) is 16.7 Å². The number of hydrogen-bond acceptors (Lipinski definition) is 9. The summed E-state index contributed by atoms with van der Waals surface area (Å²) in [5, 5.41) is 0. The van der Waals surface area contributed by atoms with Crippen LogP contribution in [0.1, 0.15) is 72.1 Å². The molecule has 2 atom stereocenters. The molecule has 0 saturated carbocycles. The van der Waals surface area contributed by atoms with Gasteiger partial charge in [-0.1, -0.05) is 29.8 Å². The highest BCUT2D eigenvalue weighted by Gasteiger charge is 2.45. The largest absolute Gasteiger partial charge is 0.427 e. The lowest BCUT2D eigenvalue weighted by Crippen LogP contribution is -2.14. The van der Waals surface area contributed by atoms with Gasteiger partial charge >= 0.3 is 23.9 Å². The number of carbonyl (C=O) groups excluding carboxylic acids is 5. The van der Waals surface area contributed by atoms with Gasteiger partial charge in [-0.15, -0.1) is 0 Å². The van der Waals surface area contributed by atoms with Gasteiger partial charge in [0.2, 0.25) is 0 Å². The van der Waals surface area contributed by atoms with E-state index in [1.165, 1.54) is 45.9 Å². The Kier molecular flexibility index (Phi) is 7.62. The number of ether oxygens (including phenoxy) is 4. The van der Waals surface area contributed by atoms with Crippen LogP contribution in [0.5, 0.6) is 23.0 Å². The van der Waals surface area contributed by atoms with E-state index in [1.807, 2.05) is 31.2 Å². The highest BCUT2D eigenvalue weighted by atomic mass is 16.6. The van der Waals surface area contributed by atoms with Crippen molar-refractivity contribution < 1.29 is 42.9 Å². The fourth-order valence-corrected chi connectivity index (χ4v) is 4.78. The van der Waals surface area contributed by atoms with E-state index in [1.54, 1.807) is 12.1 Å². The number of fused-ring (bicyclic) bond motifs is 1. The van der Waals surface area contributed by atoms with E-state index in [2.05, 4.69) is 0 Å². The summed E-state index contributed by atoms with van der Waals surface area (Å²) in [6.45, 7) is 6.82. The lowest BCUT2D eigenvalue weighted by molar-refractivity contribution is -0.133. The van der Waals surface area contributed by atoms with Crippen molar-refractivity contribution in [2.45, 2.75) is 46.5 Å². The highest BCUT2D eigenvalue weighted by molar-refractivity contribution is 6.08. The molecule has 1 aliphatic carbocycles. The second kappa shape index (κ2) is 10.9. The molecule has 9 nitrogen and oxygen atoms in total. The van der Waals surface area contributed by atoms with Gasteiger partial charge in [-0.3, -0.25) is 24.0 Å². The Morgan fingerprint density at radius 3 is 1.56 bits per heavy atom. The van der Waals surface area contributed by atoms with Crippen molar-refractivity contribution in [2.75, 3.05) is 0 Å². The minimum atomic E-state index is -0.791. The standard InChI is InChI=1S/C30H26O9/c1-15-6-8-20(9-7-15)28-27(21-10-22(36-16(2)31)12-23(11-21)37-17(3)32)29-25(30(28)35)13-24(38-18(4)33)14-26(29)39-19(5)34/h6-14,27-28H,1-5H3/t27-,28-/m1/s1. The zero-order chi connectivity index (χ0) is 28.4. The third kappa shape index (κ3) is 6.04. The summed E-state index contributed by atoms with van der Waals surface area (Å²) in [7, 11) is 0. The van der Waals surface area contributed by atoms with Gasteiger partial charge < -0.3 is 18.9 Å². The van der Waals surface area contributed by atoms with Gasteiger partial charge in [-0.2, -0.15) is 0 Å². The molecule has 0 unspecified atom stereocenters. The lowest BCUT2D eigenvalue weighted by Gasteiger charge is -2.23. The van der Waals surface area contributed by atoms with Crippen molar-refractivity contribution in [3.63, 3.8) is 0 Å². The zero-order valence-corrected chi connectivity index (χ0v) is 22.0. The van der Waals surface area contributed by atoms with Crippen LogP contribution in [0.25, 0.3) is 0 Å². The number of ketones is 1. The van der Waals surface area contributed by atoms with E-state index < -0.39 is 35.7 Å². The fraction of sp³-hybridized carbons (Fsp3) is 0.233. The molecule has 0 saturated heterocycles. The minimum absolute atomic E-state index is 0.0381. The molecule has 39 heavy (non-hydrogen) atoms. The van der Waals surface area contributed by atoms with Crippen molar-refractivity contribution >= 4 is 29.7 Å². The van der Waals surface area contributed by atoms with Crippen molar-refractivity contribution in [2.24, 2.45) is 0 Å². The number of Topliss-reactive ketones (excluding diaryl/α,β-unsaturated/α-hetero) is 1. The van der Waals surface area contributed by atoms with Crippen molar-refractivity contribution in [1.82, 2.24) is 0 Å². The van der Waals surface area contributed by atoms with Crippen LogP contribution in [0.15, 0.2) is 54.6 Å². The molecule has 0 radical (unpaired) electrons. The predicted octanol–water partition coefficient (Wildman–Crippen LogP) is 4.81. The molecule has 0 N–H and O–H groups in total. The molecular weight excluding hydrogens is 504 g/mol. The first kappa shape index (κ1) is 27.3. The molecule has 3 aromatic carbocycles. The quantitative estimate of drug-likeness (QED) is 0.326. The third-order valence-electron chi connectivity index (χ3n) is 6.04. The van der Waals surface area contributed by atoms with Gasteiger partial charge in [-0.05, 0) is 36.2 Å². The van der Waals surface area contributed by atoms with E-state index in [0.717, 1.165) is 5.56 Å². The summed E-state index contributed by atoms with van der Waals surface area (Å²) in [5.41, 5.74) is 2.72. The maximum Gasteiger partial charge on any atom is 0.308 e. The van der Waals surface area contributed by atoms with E-state index in [9.17, 15) is 24.0 Å². The molecule has 0 spiro atoms. The SMILES string of the molecule is CC(=O)Oc1cc(OC(C)=O)cc([C@H]2c3c(OC(C)=O)cc(OC(C)=O)cc3C(=O)[C@@H]2c2ccc(C)cc2)c1. The normalized spacial score (nSPS) is 15.8. The first-order valence-electron chi connectivity index (χ1n) is 12.1. The number of rotatable bonds is 6. The molecule has 4 rings (SSSR count). The summed E-state index contributed by atoms with van der Waals surface area (Å²) in [4.78, 5) is 61.3. The highest BCUT2D eigenvalue weighted by Crippen LogP contribution is 2.53. The summed E-state index contributed by atoms with van der Waals surface area (Å²) in [5.74, 6) is -3.99. The van der Waals surface area contributed by atoms with Crippen LogP contribution in [-0.4, -0.2) is 29.7 Å². The summed E-state index contributed by atoms with van der Waals surface area (Å²) < 4.78 is 21.4.